The Morgan fingerprint density at radius 2 is 1.13 bits per heavy atom. The van der Waals surface area contributed by atoms with E-state index in [2.05, 4.69) is 185 Å². The molecule has 256 valence electrons. The SMILES string of the molecule is C=C/C=C\C1=C(C)Oc2ccccc2[Si]12c1ccccc1Oc1ccc(N(c3ccc(OC(C)(C)C)cc3)c3ccc(-c4ccccc4)cc3)cc12. The van der Waals surface area contributed by atoms with Gasteiger partial charge in [-0.05, 0) is 126 Å². The molecule has 6 aromatic carbocycles. The number of para-hydroxylation sites is 2. The highest BCUT2D eigenvalue weighted by molar-refractivity contribution is 7.18. The molecule has 0 bridgehead atoms. The zero-order valence-electron chi connectivity index (χ0n) is 30.0. The van der Waals surface area contributed by atoms with E-state index >= 15 is 0 Å². The lowest BCUT2D eigenvalue weighted by atomic mass is 10.0. The number of anilines is 3. The van der Waals surface area contributed by atoms with Gasteiger partial charge in [-0.25, -0.2) is 0 Å². The van der Waals surface area contributed by atoms with Crippen molar-refractivity contribution in [1.82, 2.24) is 0 Å². The summed E-state index contributed by atoms with van der Waals surface area (Å²) in [7, 11) is -2.98. The summed E-state index contributed by atoms with van der Waals surface area (Å²) < 4.78 is 19.6. The molecule has 0 saturated heterocycles. The average molecular weight is 696 g/mol. The topological polar surface area (TPSA) is 30.9 Å². The third kappa shape index (κ3) is 5.83. The van der Waals surface area contributed by atoms with E-state index in [9.17, 15) is 0 Å². The second-order valence-corrected chi connectivity index (χ2v) is 17.8. The minimum atomic E-state index is -2.98. The highest BCUT2D eigenvalue weighted by Crippen LogP contribution is 2.42. The van der Waals surface area contributed by atoms with Gasteiger partial charge in [-0.1, -0.05) is 104 Å². The first-order valence-electron chi connectivity index (χ1n) is 17.7. The summed E-state index contributed by atoms with van der Waals surface area (Å²) in [5.74, 6) is 4.34. The van der Waals surface area contributed by atoms with E-state index in [1.54, 1.807) is 0 Å². The Labute approximate surface area is 307 Å². The zero-order valence-corrected chi connectivity index (χ0v) is 31.0. The van der Waals surface area contributed by atoms with Crippen molar-refractivity contribution in [3.63, 3.8) is 0 Å². The molecule has 0 radical (unpaired) electrons. The van der Waals surface area contributed by atoms with Crippen molar-refractivity contribution in [3.05, 3.63) is 181 Å². The average Bonchev–Trinajstić information content (AvgIpc) is 3.15. The molecular weight excluding hydrogens is 655 g/mol. The zero-order chi connectivity index (χ0) is 35.9. The number of nitrogens with zero attached hydrogens (tertiary/aromatic N) is 1. The van der Waals surface area contributed by atoms with Crippen molar-refractivity contribution in [2.24, 2.45) is 0 Å². The van der Waals surface area contributed by atoms with Crippen LogP contribution in [0.25, 0.3) is 11.1 Å². The molecule has 1 spiro atoms. The summed E-state index contributed by atoms with van der Waals surface area (Å²) in [6, 6.07) is 51.3. The molecule has 0 aliphatic carbocycles. The van der Waals surface area contributed by atoms with Crippen molar-refractivity contribution in [3.8, 4) is 34.1 Å². The molecule has 1 atom stereocenters. The largest absolute Gasteiger partial charge is 0.488 e. The van der Waals surface area contributed by atoms with Crippen LogP contribution in [0.15, 0.2) is 181 Å². The molecule has 2 heterocycles. The summed E-state index contributed by atoms with van der Waals surface area (Å²) in [5.41, 5.74) is 5.14. The van der Waals surface area contributed by atoms with Crippen LogP contribution in [0, 0.1) is 0 Å². The first-order chi connectivity index (χ1) is 25.3. The maximum Gasteiger partial charge on any atom is 0.196 e. The number of benzene rings is 6. The highest BCUT2D eigenvalue weighted by atomic mass is 28.3. The Hall–Kier alpha value is -6.04. The molecule has 8 rings (SSSR count). The minimum absolute atomic E-state index is 0.300. The van der Waals surface area contributed by atoms with Gasteiger partial charge >= 0.3 is 0 Å². The van der Waals surface area contributed by atoms with Crippen LogP contribution in [0.2, 0.25) is 0 Å². The fourth-order valence-corrected chi connectivity index (χ4v) is 12.8. The van der Waals surface area contributed by atoms with Gasteiger partial charge in [-0.2, -0.15) is 0 Å². The minimum Gasteiger partial charge on any atom is -0.488 e. The number of hydrogen-bond acceptors (Lipinski definition) is 4. The molecule has 0 fully saturated rings. The predicted octanol–water partition coefficient (Wildman–Crippen LogP) is 10.5. The lowest BCUT2D eigenvalue weighted by Crippen LogP contribution is -2.71. The van der Waals surface area contributed by atoms with Crippen LogP contribution in [0.3, 0.4) is 0 Å². The van der Waals surface area contributed by atoms with Gasteiger partial charge in [0.25, 0.3) is 0 Å². The predicted molar refractivity (Wildman–Crippen MR) is 217 cm³/mol. The van der Waals surface area contributed by atoms with E-state index in [1.165, 1.54) is 26.3 Å². The second kappa shape index (κ2) is 13.3. The number of ether oxygens (including phenoxy) is 3. The second-order valence-electron chi connectivity index (χ2n) is 14.1. The molecule has 2 aliphatic heterocycles. The molecule has 52 heavy (non-hydrogen) atoms. The van der Waals surface area contributed by atoms with Gasteiger partial charge in [-0.3, -0.25) is 0 Å². The van der Waals surface area contributed by atoms with Gasteiger partial charge in [0, 0.05) is 17.1 Å². The van der Waals surface area contributed by atoms with Crippen molar-refractivity contribution in [2.45, 2.75) is 33.3 Å². The van der Waals surface area contributed by atoms with Crippen LogP contribution in [0.5, 0.6) is 23.0 Å². The number of fused-ring (bicyclic) bond motifs is 6. The normalized spacial score (nSPS) is 16.0. The summed E-state index contributed by atoms with van der Waals surface area (Å²) in [6.07, 6.45) is 6.05. The fraction of sp³-hybridized carbons (Fsp3) is 0.106. The Kier molecular flexibility index (Phi) is 8.44. The third-order valence-electron chi connectivity index (χ3n) is 9.62. The van der Waals surface area contributed by atoms with Gasteiger partial charge in [0.1, 0.15) is 34.4 Å². The molecule has 2 aliphatic rings. The van der Waals surface area contributed by atoms with Crippen molar-refractivity contribution in [2.75, 3.05) is 4.90 Å². The van der Waals surface area contributed by atoms with Gasteiger partial charge in [0.05, 0.1) is 0 Å². The molecule has 0 aromatic heterocycles. The molecule has 0 saturated carbocycles. The van der Waals surface area contributed by atoms with Crippen LogP contribution in [0.4, 0.5) is 17.1 Å². The lowest BCUT2D eigenvalue weighted by Gasteiger charge is -2.43. The number of hydrogen-bond donors (Lipinski definition) is 0. The van der Waals surface area contributed by atoms with Crippen molar-refractivity contribution >= 4 is 40.7 Å². The third-order valence-corrected chi connectivity index (χ3v) is 14.6. The number of rotatable bonds is 7. The first kappa shape index (κ1) is 33.1. The van der Waals surface area contributed by atoms with Crippen molar-refractivity contribution < 1.29 is 14.2 Å². The van der Waals surface area contributed by atoms with Crippen LogP contribution in [-0.2, 0) is 0 Å². The number of allylic oxidation sites excluding steroid dienone is 5. The molecule has 6 aromatic rings. The van der Waals surface area contributed by atoms with Gasteiger partial charge in [0.15, 0.2) is 8.07 Å². The Morgan fingerprint density at radius 3 is 1.77 bits per heavy atom. The summed E-state index contributed by atoms with van der Waals surface area (Å²) in [4.78, 5) is 2.32. The van der Waals surface area contributed by atoms with Crippen LogP contribution in [0.1, 0.15) is 27.7 Å². The molecule has 0 amide bonds. The van der Waals surface area contributed by atoms with E-state index in [0.717, 1.165) is 51.4 Å². The molecular formula is C47H41NO3Si. The van der Waals surface area contributed by atoms with Gasteiger partial charge in [-0.15, -0.1) is 0 Å². The van der Waals surface area contributed by atoms with Crippen LogP contribution < -0.4 is 34.7 Å². The first-order valence-corrected chi connectivity index (χ1v) is 19.7. The smallest absolute Gasteiger partial charge is 0.196 e. The standard InChI is InChI=1S/C47H41NO3Si/c1-6-7-19-43-33(2)49-40-17-11-13-20-44(40)52(43)45-21-14-12-18-41(45)50-42-31-28-38(32-46(42)52)48(37-26-29-39(30-27-37)51-47(3,4)5)36-24-22-35(23-25-36)34-15-9-8-10-16-34/h6-32H,1H2,2-5H3/b19-7-. The Bertz CT molecular complexity index is 2340. The van der Waals surface area contributed by atoms with Gasteiger partial charge < -0.3 is 19.1 Å². The Balaban J connectivity index is 1.36. The van der Waals surface area contributed by atoms with E-state index in [-0.39, 0.29) is 5.60 Å². The maximum atomic E-state index is 6.77. The van der Waals surface area contributed by atoms with E-state index < -0.39 is 8.07 Å². The monoisotopic (exact) mass is 695 g/mol. The molecule has 1 unspecified atom stereocenters. The highest BCUT2D eigenvalue weighted by Gasteiger charge is 2.53. The molecule has 4 nitrogen and oxygen atoms in total. The molecule has 0 N–H and O–H groups in total. The summed E-state index contributed by atoms with van der Waals surface area (Å²) in [5, 5.41) is 4.73. The lowest BCUT2D eigenvalue weighted by molar-refractivity contribution is 0.131. The summed E-state index contributed by atoms with van der Waals surface area (Å²) >= 11 is 0. The van der Waals surface area contributed by atoms with Crippen molar-refractivity contribution in [1.29, 1.82) is 0 Å². The maximum absolute atomic E-state index is 6.77. The van der Waals surface area contributed by atoms with E-state index in [0.29, 0.717) is 0 Å². The Morgan fingerprint density at radius 1 is 0.596 bits per heavy atom. The van der Waals surface area contributed by atoms with Crippen LogP contribution in [-0.4, -0.2) is 13.7 Å². The van der Waals surface area contributed by atoms with E-state index in [1.807, 2.05) is 18.2 Å². The summed E-state index contributed by atoms with van der Waals surface area (Å²) in [6.45, 7) is 12.3. The fourth-order valence-electron chi connectivity index (χ4n) is 7.55. The van der Waals surface area contributed by atoms with Gasteiger partial charge in [0.2, 0.25) is 0 Å². The van der Waals surface area contributed by atoms with Crippen LogP contribution >= 0.6 is 0 Å². The quantitative estimate of drug-likeness (QED) is 0.123. The van der Waals surface area contributed by atoms with E-state index in [4.69, 9.17) is 14.2 Å². The molecule has 5 heteroatoms.